The van der Waals surface area contributed by atoms with Crippen LogP contribution in [0.4, 0.5) is 4.79 Å². The van der Waals surface area contributed by atoms with Crippen LogP contribution < -0.4 is 0 Å². The molecule has 3 heteroatoms. The van der Waals surface area contributed by atoms with Crippen molar-refractivity contribution in [3.63, 3.8) is 0 Å². The normalized spacial score (nSPS) is 13.4. The van der Waals surface area contributed by atoms with E-state index in [1.807, 2.05) is 41.5 Å². The summed E-state index contributed by atoms with van der Waals surface area (Å²) in [7, 11) is 0. The van der Waals surface area contributed by atoms with Crippen LogP contribution in [-0.2, 0) is 9.47 Å². The Kier molecular flexibility index (Phi) is 6.37. The zero-order valence-electron chi connectivity index (χ0n) is 10.7. The van der Waals surface area contributed by atoms with E-state index in [1.165, 1.54) is 0 Å². The van der Waals surface area contributed by atoms with Crippen LogP contribution >= 0.6 is 0 Å². The highest BCUT2D eigenvalue weighted by atomic mass is 16.7. The van der Waals surface area contributed by atoms with Crippen LogP contribution in [0.25, 0.3) is 0 Å². The van der Waals surface area contributed by atoms with E-state index < -0.39 is 6.16 Å². The maximum atomic E-state index is 11.4. The number of hydrogen-bond donors (Lipinski definition) is 0. The van der Waals surface area contributed by atoms with Gasteiger partial charge in [0.05, 0.1) is 0 Å². The van der Waals surface area contributed by atoms with Gasteiger partial charge < -0.3 is 9.47 Å². The molecule has 90 valence electrons. The number of carbonyl (C=O) groups is 1. The molecule has 0 bridgehead atoms. The third-order valence-corrected chi connectivity index (χ3v) is 2.42. The summed E-state index contributed by atoms with van der Waals surface area (Å²) in [6, 6.07) is 0. The Morgan fingerprint density at radius 3 is 1.80 bits per heavy atom. The molecule has 1 atom stereocenters. The molecule has 0 N–H and O–H groups in total. The SMILES string of the molecule is CCC(C)OC(=O)OC(C(C)C)C(C)C. The highest BCUT2D eigenvalue weighted by Crippen LogP contribution is 2.17. The molecule has 0 aliphatic rings. The van der Waals surface area contributed by atoms with Gasteiger partial charge in [-0.1, -0.05) is 34.6 Å². The van der Waals surface area contributed by atoms with Crippen molar-refractivity contribution in [1.29, 1.82) is 0 Å². The van der Waals surface area contributed by atoms with Gasteiger partial charge in [-0.05, 0) is 25.2 Å². The molecule has 0 aromatic carbocycles. The summed E-state index contributed by atoms with van der Waals surface area (Å²) < 4.78 is 10.4. The minimum atomic E-state index is -0.545. The molecule has 0 rings (SSSR count). The van der Waals surface area contributed by atoms with Crippen molar-refractivity contribution in [2.24, 2.45) is 11.8 Å². The van der Waals surface area contributed by atoms with E-state index >= 15 is 0 Å². The average molecular weight is 216 g/mol. The molecule has 0 aromatic rings. The molecule has 1 unspecified atom stereocenters. The Morgan fingerprint density at radius 1 is 1.00 bits per heavy atom. The summed E-state index contributed by atoms with van der Waals surface area (Å²) >= 11 is 0. The average Bonchev–Trinajstić information content (AvgIpc) is 2.12. The lowest BCUT2D eigenvalue weighted by Crippen LogP contribution is -2.30. The summed E-state index contributed by atoms with van der Waals surface area (Å²) in [6.45, 7) is 12.0. The van der Waals surface area contributed by atoms with Gasteiger partial charge in [0.25, 0.3) is 0 Å². The molecule has 0 radical (unpaired) electrons. The van der Waals surface area contributed by atoms with E-state index in [0.717, 1.165) is 6.42 Å². The monoisotopic (exact) mass is 216 g/mol. The number of rotatable bonds is 5. The molecule has 0 heterocycles. The Balaban J connectivity index is 4.12. The fourth-order valence-corrected chi connectivity index (χ4v) is 1.43. The quantitative estimate of drug-likeness (QED) is 0.658. The third kappa shape index (κ3) is 5.65. The second kappa shape index (κ2) is 6.70. The molecule has 0 saturated heterocycles. The molecular formula is C12H24O3. The van der Waals surface area contributed by atoms with Crippen LogP contribution in [0, 0.1) is 11.8 Å². The summed E-state index contributed by atoms with van der Waals surface area (Å²) in [5.41, 5.74) is 0. The number of carbonyl (C=O) groups excluding carboxylic acids is 1. The summed E-state index contributed by atoms with van der Waals surface area (Å²) in [4.78, 5) is 11.4. The van der Waals surface area contributed by atoms with E-state index in [9.17, 15) is 4.79 Å². The molecule has 0 aromatic heterocycles. The first-order chi connectivity index (χ1) is 6.88. The summed E-state index contributed by atoms with van der Waals surface area (Å²) in [6.07, 6.45) is 0.124. The van der Waals surface area contributed by atoms with Crippen LogP contribution in [0.1, 0.15) is 48.0 Å². The molecule has 0 amide bonds. The van der Waals surface area contributed by atoms with Crippen molar-refractivity contribution in [3.05, 3.63) is 0 Å². The highest BCUT2D eigenvalue weighted by Gasteiger charge is 2.23. The Morgan fingerprint density at radius 2 is 1.47 bits per heavy atom. The van der Waals surface area contributed by atoms with E-state index in [4.69, 9.17) is 9.47 Å². The summed E-state index contributed by atoms with van der Waals surface area (Å²) in [5, 5.41) is 0. The summed E-state index contributed by atoms with van der Waals surface area (Å²) in [5.74, 6) is 0.629. The van der Waals surface area contributed by atoms with Crippen LogP contribution in [0.2, 0.25) is 0 Å². The van der Waals surface area contributed by atoms with Crippen molar-refractivity contribution < 1.29 is 14.3 Å². The van der Waals surface area contributed by atoms with E-state index in [1.54, 1.807) is 0 Å². The third-order valence-electron chi connectivity index (χ3n) is 2.42. The van der Waals surface area contributed by atoms with Crippen LogP contribution in [0.15, 0.2) is 0 Å². The Labute approximate surface area is 93.1 Å². The zero-order chi connectivity index (χ0) is 12.0. The smallest absolute Gasteiger partial charge is 0.431 e. The maximum absolute atomic E-state index is 11.4. The zero-order valence-corrected chi connectivity index (χ0v) is 10.7. The van der Waals surface area contributed by atoms with Crippen LogP contribution in [0.3, 0.4) is 0 Å². The van der Waals surface area contributed by atoms with Gasteiger partial charge >= 0.3 is 6.16 Å². The van der Waals surface area contributed by atoms with Gasteiger partial charge in [0.15, 0.2) is 0 Å². The number of hydrogen-bond acceptors (Lipinski definition) is 3. The van der Waals surface area contributed by atoms with E-state index in [0.29, 0.717) is 11.8 Å². The molecule has 3 nitrogen and oxygen atoms in total. The molecule has 0 fully saturated rings. The largest absolute Gasteiger partial charge is 0.508 e. The standard InChI is InChI=1S/C12H24O3/c1-7-10(6)14-12(13)15-11(8(2)3)9(4)5/h8-11H,7H2,1-6H3. The van der Waals surface area contributed by atoms with Crippen molar-refractivity contribution in [2.45, 2.75) is 60.2 Å². The molecule has 0 aliphatic heterocycles. The number of ether oxygens (including phenoxy) is 2. The predicted molar refractivity (Wildman–Crippen MR) is 60.8 cm³/mol. The van der Waals surface area contributed by atoms with Crippen molar-refractivity contribution >= 4 is 6.16 Å². The second-order valence-corrected chi connectivity index (χ2v) is 4.66. The molecular weight excluding hydrogens is 192 g/mol. The minimum absolute atomic E-state index is 0.0680. The van der Waals surface area contributed by atoms with Gasteiger partial charge in [-0.2, -0.15) is 0 Å². The van der Waals surface area contributed by atoms with Crippen molar-refractivity contribution in [2.75, 3.05) is 0 Å². The lowest BCUT2D eigenvalue weighted by Gasteiger charge is -2.25. The van der Waals surface area contributed by atoms with Crippen LogP contribution in [-0.4, -0.2) is 18.4 Å². The fraction of sp³-hybridized carbons (Fsp3) is 0.917. The minimum Gasteiger partial charge on any atom is -0.431 e. The maximum Gasteiger partial charge on any atom is 0.508 e. The first kappa shape index (κ1) is 14.3. The highest BCUT2D eigenvalue weighted by molar-refractivity contribution is 5.60. The first-order valence-electron chi connectivity index (χ1n) is 5.75. The van der Waals surface area contributed by atoms with Gasteiger partial charge in [-0.3, -0.25) is 0 Å². The van der Waals surface area contributed by atoms with E-state index in [2.05, 4.69) is 0 Å². The van der Waals surface area contributed by atoms with Gasteiger partial charge in [-0.15, -0.1) is 0 Å². The molecule has 0 spiro atoms. The Bertz CT molecular complexity index is 179. The molecule has 15 heavy (non-hydrogen) atoms. The van der Waals surface area contributed by atoms with Crippen molar-refractivity contribution in [1.82, 2.24) is 0 Å². The van der Waals surface area contributed by atoms with E-state index in [-0.39, 0.29) is 12.2 Å². The lowest BCUT2D eigenvalue weighted by atomic mass is 9.96. The first-order valence-corrected chi connectivity index (χ1v) is 5.75. The topological polar surface area (TPSA) is 35.5 Å². The van der Waals surface area contributed by atoms with Crippen LogP contribution in [0.5, 0.6) is 0 Å². The van der Waals surface area contributed by atoms with Gasteiger partial charge in [-0.25, -0.2) is 4.79 Å². The van der Waals surface area contributed by atoms with Gasteiger partial charge in [0, 0.05) is 0 Å². The lowest BCUT2D eigenvalue weighted by molar-refractivity contribution is -0.0258. The van der Waals surface area contributed by atoms with Gasteiger partial charge in [0.1, 0.15) is 12.2 Å². The fourth-order valence-electron chi connectivity index (χ4n) is 1.43. The predicted octanol–water partition coefficient (Wildman–Crippen LogP) is 3.62. The Hall–Kier alpha value is -0.730. The second-order valence-electron chi connectivity index (χ2n) is 4.66. The van der Waals surface area contributed by atoms with Crippen molar-refractivity contribution in [3.8, 4) is 0 Å². The molecule has 0 aliphatic carbocycles. The molecule has 0 saturated carbocycles. The van der Waals surface area contributed by atoms with Gasteiger partial charge in [0.2, 0.25) is 0 Å².